The molecule has 0 aliphatic carbocycles. The van der Waals surface area contributed by atoms with Gasteiger partial charge in [0.2, 0.25) is 5.91 Å². The van der Waals surface area contributed by atoms with Gasteiger partial charge in [-0.15, -0.1) is 0 Å². The fraction of sp³-hybridized carbons (Fsp3) is 0.933. The lowest BCUT2D eigenvalue weighted by atomic mass is 9.95. The molecule has 0 aromatic carbocycles. The van der Waals surface area contributed by atoms with E-state index in [-0.39, 0.29) is 18.1 Å². The van der Waals surface area contributed by atoms with E-state index in [2.05, 4.69) is 11.8 Å². The lowest BCUT2D eigenvalue weighted by Gasteiger charge is -2.38. The molecule has 0 aromatic rings. The average molecular weight is 268 g/mol. The van der Waals surface area contributed by atoms with Gasteiger partial charge in [-0.3, -0.25) is 9.69 Å². The van der Waals surface area contributed by atoms with Gasteiger partial charge in [-0.1, -0.05) is 19.8 Å². The molecule has 19 heavy (non-hydrogen) atoms. The zero-order valence-electron chi connectivity index (χ0n) is 12.3. The number of aliphatic hydroxyl groups is 1. The van der Waals surface area contributed by atoms with Crippen LogP contribution in [0.3, 0.4) is 0 Å². The Labute approximate surface area is 116 Å². The van der Waals surface area contributed by atoms with Crippen molar-refractivity contribution < 1.29 is 9.90 Å². The molecule has 4 heteroatoms. The van der Waals surface area contributed by atoms with Gasteiger partial charge in [-0.25, -0.2) is 0 Å². The maximum Gasteiger partial charge on any atom is 0.239 e. The standard InChI is InChI=1S/C15H28N2O2/c1-12-7-10-17(11-14(12)18)15(19)13(2)16-8-5-3-4-6-9-16/h12-14,18H,3-11H2,1-2H3. The van der Waals surface area contributed by atoms with E-state index in [0.29, 0.717) is 12.5 Å². The monoisotopic (exact) mass is 268 g/mol. The summed E-state index contributed by atoms with van der Waals surface area (Å²) in [5.74, 6) is 0.519. The van der Waals surface area contributed by atoms with Gasteiger partial charge >= 0.3 is 0 Å². The third kappa shape index (κ3) is 3.69. The highest BCUT2D eigenvalue weighted by Gasteiger charge is 2.31. The lowest BCUT2D eigenvalue weighted by molar-refractivity contribution is -0.140. The molecule has 3 atom stereocenters. The van der Waals surface area contributed by atoms with E-state index in [9.17, 15) is 9.90 Å². The van der Waals surface area contributed by atoms with Crippen LogP contribution in [-0.2, 0) is 4.79 Å². The van der Waals surface area contributed by atoms with Crippen LogP contribution < -0.4 is 0 Å². The van der Waals surface area contributed by atoms with Crippen LogP contribution in [0.5, 0.6) is 0 Å². The van der Waals surface area contributed by atoms with Gasteiger partial charge in [-0.05, 0) is 45.2 Å². The second kappa shape index (κ2) is 6.71. The summed E-state index contributed by atoms with van der Waals surface area (Å²) in [7, 11) is 0. The molecule has 2 aliphatic rings. The van der Waals surface area contributed by atoms with Crippen LogP contribution in [0, 0.1) is 5.92 Å². The Balaban J connectivity index is 1.90. The molecule has 0 spiro atoms. The first kappa shape index (κ1) is 14.8. The van der Waals surface area contributed by atoms with Gasteiger partial charge < -0.3 is 10.0 Å². The highest BCUT2D eigenvalue weighted by molar-refractivity contribution is 5.81. The number of piperidine rings is 1. The summed E-state index contributed by atoms with van der Waals surface area (Å²) in [4.78, 5) is 16.7. The Hall–Kier alpha value is -0.610. The third-order valence-corrected chi connectivity index (χ3v) is 4.78. The van der Waals surface area contributed by atoms with Crippen LogP contribution in [-0.4, -0.2) is 59.1 Å². The molecule has 1 N–H and O–H groups in total. The normalized spacial score (nSPS) is 31.8. The summed E-state index contributed by atoms with van der Waals surface area (Å²) in [5.41, 5.74) is 0. The van der Waals surface area contributed by atoms with Gasteiger partial charge in [0.15, 0.2) is 0 Å². The quantitative estimate of drug-likeness (QED) is 0.825. The van der Waals surface area contributed by atoms with Crippen molar-refractivity contribution in [2.45, 2.75) is 58.1 Å². The predicted molar refractivity (Wildman–Crippen MR) is 75.9 cm³/mol. The van der Waals surface area contributed by atoms with Crippen molar-refractivity contribution in [3.05, 3.63) is 0 Å². The van der Waals surface area contributed by atoms with Crippen LogP contribution in [0.25, 0.3) is 0 Å². The first-order chi connectivity index (χ1) is 9.09. The summed E-state index contributed by atoms with van der Waals surface area (Å²) < 4.78 is 0. The van der Waals surface area contributed by atoms with Crippen molar-refractivity contribution >= 4 is 5.91 Å². The molecule has 2 saturated heterocycles. The Kier molecular flexibility index (Phi) is 5.22. The van der Waals surface area contributed by atoms with Gasteiger partial charge in [0.1, 0.15) is 0 Å². The van der Waals surface area contributed by atoms with Gasteiger partial charge in [0.25, 0.3) is 0 Å². The maximum atomic E-state index is 12.5. The average Bonchev–Trinajstić information content (AvgIpc) is 2.69. The van der Waals surface area contributed by atoms with E-state index in [1.165, 1.54) is 25.7 Å². The number of hydrogen-bond donors (Lipinski definition) is 1. The van der Waals surface area contributed by atoms with Crippen molar-refractivity contribution in [3.8, 4) is 0 Å². The van der Waals surface area contributed by atoms with Crippen LogP contribution in [0.4, 0.5) is 0 Å². The molecule has 2 aliphatic heterocycles. The summed E-state index contributed by atoms with van der Waals surface area (Å²) in [6.07, 6.45) is 5.55. The van der Waals surface area contributed by atoms with Crippen LogP contribution in [0.15, 0.2) is 0 Å². The second-order valence-electron chi connectivity index (χ2n) is 6.24. The van der Waals surface area contributed by atoms with Gasteiger partial charge in [0, 0.05) is 13.1 Å². The topological polar surface area (TPSA) is 43.8 Å². The molecule has 2 rings (SSSR count). The third-order valence-electron chi connectivity index (χ3n) is 4.78. The Morgan fingerprint density at radius 3 is 2.37 bits per heavy atom. The van der Waals surface area contributed by atoms with Gasteiger partial charge in [-0.2, -0.15) is 0 Å². The van der Waals surface area contributed by atoms with Crippen LogP contribution >= 0.6 is 0 Å². The smallest absolute Gasteiger partial charge is 0.239 e. The Bertz CT molecular complexity index is 301. The summed E-state index contributed by atoms with van der Waals surface area (Å²) in [6.45, 7) is 7.48. The summed E-state index contributed by atoms with van der Waals surface area (Å²) >= 11 is 0. The summed E-state index contributed by atoms with van der Waals surface area (Å²) in [6, 6.07) is -0.0290. The minimum absolute atomic E-state index is 0.0290. The van der Waals surface area contributed by atoms with Crippen molar-refractivity contribution in [2.24, 2.45) is 5.92 Å². The number of β-amino-alcohol motifs (C(OH)–C–C–N with tert-alkyl or cyclic N) is 1. The minimum Gasteiger partial charge on any atom is -0.391 e. The molecular formula is C15H28N2O2. The second-order valence-corrected chi connectivity index (χ2v) is 6.24. The molecule has 4 nitrogen and oxygen atoms in total. The molecule has 110 valence electrons. The molecule has 2 fully saturated rings. The number of carbonyl (C=O) groups excluding carboxylic acids is 1. The van der Waals surface area contributed by atoms with Crippen molar-refractivity contribution in [3.63, 3.8) is 0 Å². The highest BCUT2D eigenvalue weighted by Crippen LogP contribution is 2.19. The molecule has 2 heterocycles. The van der Waals surface area contributed by atoms with Crippen molar-refractivity contribution in [2.75, 3.05) is 26.2 Å². The molecule has 0 aromatic heterocycles. The van der Waals surface area contributed by atoms with E-state index in [0.717, 1.165) is 26.1 Å². The Morgan fingerprint density at radius 1 is 1.16 bits per heavy atom. The van der Waals surface area contributed by atoms with E-state index >= 15 is 0 Å². The number of hydrogen-bond acceptors (Lipinski definition) is 3. The number of amides is 1. The summed E-state index contributed by atoms with van der Waals surface area (Å²) in [5, 5.41) is 9.93. The fourth-order valence-corrected chi connectivity index (χ4v) is 3.15. The number of likely N-dealkylation sites (tertiary alicyclic amines) is 2. The SMILES string of the molecule is CC1CCN(C(=O)C(C)N2CCCCCC2)CC1O. The molecular weight excluding hydrogens is 240 g/mol. The Morgan fingerprint density at radius 2 is 1.79 bits per heavy atom. The minimum atomic E-state index is -0.353. The zero-order chi connectivity index (χ0) is 13.8. The zero-order valence-corrected chi connectivity index (χ0v) is 12.3. The lowest BCUT2D eigenvalue weighted by Crippen LogP contribution is -2.52. The fourth-order valence-electron chi connectivity index (χ4n) is 3.15. The van der Waals surface area contributed by atoms with Crippen molar-refractivity contribution in [1.29, 1.82) is 0 Å². The van der Waals surface area contributed by atoms with E-state index in [1.807, 2.05) is 11.8 Å². The molecule has 0 bridgehead atoms. The van der Waals surface area contributed by atoms with E-state index in [4.69, 9.17) is 0 Å². The maximum absolute atomic E-state index is 12.5. The number of nitrogens with zero attached hydrogens (tertiary/aromatic N) is 2. The van der Waals surface area contributed by atoms with E-state index < -0.39 is 0 Å². The molecule has 0 radical (unpaired) electrons. The number of rotatable bonds is 2. The largest absolute Gasteiger partial charge is 0.391 e. The number of carbonyl (C=O) groups is 1. The van der Waals surface area contributed by atoms with E-state index in [1.54, 1.807) is 0 Å². The first-order valence-corrected chi connectivity index (χ1v) is 7.80. The number of aliphatic hydroxyl groups excluding tert-OH is 1. The molecule has 3 unspecified atom stereocenters. The van der Waals surface area contributed by atoms with Crippen LogP contribution in [0.1, 0.15) is 46.0 Å². The highest BCUT2D eigenvalue weighted by atomic mass is 16.3. The van der Waals surface area contributed by atoms with Gasteiger partial charge in [0.05, 0.1) is 12.1 Å². The predicted octanol–water partition coefficient (Wildman–Crippen LogP) is 1.48. The molecule has 0 saturated carbocycles. The van der Waals surface area contributed by atoms with Crippen molar-refractivity contribution in [1.82, 2.24) is 9.80 Å². The molecule has 1 amide bonds. The first-order valence-electron chi connectivity index (χ1n) is 7.80. The van der Waals surface area contributed by atoms with Crippen LogP contribution in [0.2, 0.25) is 0 Å².